The van der Waals surface area contributed by atoms with Crippen molar-refractivity contribution in [3.63, 3.8) is 0 Å². The minimum Gasteiger partial charge on any atom is -0.402 e. The minimum atomic E-state index is 0.955. The van der Waals surface area contributed by atoms with Gasteiger partial charge in [0.25, 0.3) is 0 Å². The fourth-order valence-electron chi connectivity index (χ4n) is 0.715. The number of rotatable bonds is 0. The Morgan fingerprint density at radius 3 is 2.38 bits per heavy atom. The van der Waals surface area contributed by atoms with Crippen LogP contribution in [0.25, 0.3) is 0 Å². The van der Waals surface area contributed by atoms with Gasteiger partial charge in [0.05, 0.1) is 0 Å². The molecule has 0 aromatic heterocycles. The zero-order valence-corrected chi connectivity index (χ0v) is 4.78. The van der Waals surface area contributed by atoms with Crippen molar-refractivity contribution in [2.24, 2.45) is 5.73 Å². The maximum Gasteiger partial charge on any atom is 0.115 e. The van der Waals surface area contributed by atoms with Crippen LogP contribution in [0.15, 0.2) is 12.0 Å². The van der Waals surface area contributed by atoms with E-state index in [9.17, 15) is 0 Å². The van der Waals surface area contributed by atoms with Gasteiger partial charge >= 0.3 is 0 Å². The largest absolute Gasteiger partial charge is 0.402 e. The van der Waals surface area contributed by atoms with Crippen LogP contribution in [-0.2, 0) is 0 Å². The fraction of sp³-hybridized carbons (Fsp3) is 0.600. The Morgan fingerprint density at radius 1 is 1.38 bits per heavy atom. The van der Waals surface area contributed by atoms with Crippen LogP contribution < -0.4 is 16.4 Å². The van der Waals surface area contributed by atoms with Crippen LogP contribution in [-0.4, -0.2) is 13.1 Å². The van der Waals surface area contributed by atoms with Gasteiger partial charge < -0.3 is 16.4 Å². The van der Waals surface area contributed by atoms with Gasteiger partial charge in [-0.25, -0.2) is 0 Å². The second-order valence-corrected chi connectivity index (χ2v) is 1.79. The third-order valence-electron chi connectivity index (χ3n) is 1.15. The van der Waals surface area contributed by atoms with Crippen molar-refractivity contribution in [1.29, 1.82) is 0 Å². The standard InChI is InChI=1S/C5H11N3/c6-4-5-7-2-1-3-8-5/h4,7-8H,1-3,6H2. The highest BCUT2D eigenvalue weighted by Crippen LogP contribution is 1.87. The average Bonchev–Trinajstić information content (AvgIpc) is 1.90. The molecule has 1 heterocycles. The van der Waals surface area contributed by atoms with E-state index in [0.717, 1.165) is 18.9 Å². The summed E-state index contributed by atoms with van der Waals surface area (Å²) in [6.45, 7) is 2.08. The summed E-state index contributed by atoms with van der Waals surface area (Å²) >= 11 is 0. The van der Waals surface area contributed by atoms with Crippen molar-refractivity contribution in [1.82, 2.24) is 10.6 Å². The second kappa shape index (κ2) is 2.45. The molecule has 4 N–H and O–H groups in total. The zero-order chi connectivity index (χ0) is 5.82. The summed E-state index contributed by atoms with van der Waals surface area (Å²) in [5, 5.41) is 6.19. The van der Waals surface area contributed by atoms with Crippen LogP contribution in [0.2, 0.25) is 0 Å². The molecule has 0 amide bonds. The molecule has 1 aliphatic rings. The molecule has 3 heteroatoms. The van der Waals surface area contributed by atoms with Crippen LogP contribution in [0.3, 0.4) is 0 Å². The van der Waals surface area contributed by atoms with E-state index >= 15 is 0 Å². The van der Waals surface area contributed by atoms with Gasteiger partial charge in [-0.3, -0.25) is 0 Å². The SMILES string of the molecule is NC=C1NCCCN1. The van der Waals surface area contributed by atoms with Crippen LogP contribution in [0, 0.1) is 0 Å². The predicted molar refractivity (Wildman–Crippen MR) is 32.9 cm³/mol. The summed E-state index contributed by atoms with van der Waals surface area (Å²) in [6, 6.07) is 0. The van der Waals surface area contributed by atoms with Gasteiger partial charge in [0.2, 0.25) is 0 Å². The van der Waals surface area contributed by atoms with E-state index < -0.39 is 0 Å². The molecule has 0 aliphatic carbocycles. The summed E-state index contributed by atoms with van der Waals surface area (Å²) in [5.41, 5.74) is 5.22. The Morgan fingerprint density at radius 2 is 2.00 bits per heavy atom. The highest BCUT2D eigenvalue weighted by molar-refractivity contribution is 4.96. The summed E-state index contributed by atoms with van der Waals surface area (Å²) in [7, 11) is 0. The smallest absolute Gasteiger partial charge is 0.115 e. The first-order valence-corrected chi connectivity index (χ1v) is 2.83. The van der Waals surface area contributed by atoms with Crippen molar-refractivity contribution in [2.45, 2.75) is 6.42 Å². The second-order valence-electron chi connectivity index (χ2n) is 1.79. The molecule has 1 saturated heterocycles. The number of hydrogen-bond acceptors (Lipinski definition) is 3. The van der Waals surface area contributed by atoms with E-state index in [4.69, 9.17) is 5.73 Å². The van der Waals surface area contributed by atoms with Crippen LogP contribution in [0.1, 0.15) is 6.42 Å². The lowest BCUT2D eigenvalue weighted by Gasteiger charge is -2.17. The third-order valence-corrected chi connectivity index (χ3v) is 1.15. The molecule has 0 saturated carbocycles. The van der Waals surface area contributed by atoms with Crippen molar-refractivity contribution < 1.29 is 0 Å². The van der Waals surface area contributed by atoms with Gasteiger partial charge in [0.1, 0.15) is 5.82 Å². The molecular formula is C5H11N3. The van der Waals surface area contributed by atoms with Gasteiger partial charge in [0, 0.05) is 19.3 Å². The van der Waals surface area contributed by atoms with Crippen molar-refractivity contribution >= 4 is 0 Å². The van der Waals surface area contributed by atoms with Crippen LogP contribution in [0.5, 0.6) is 0 Å². The highest BCUT2D eigenvalue weighted by atomic mass is 15.1. The molecule has 0 radical (unpaired) electrons. The van der Waals surface area contributed by atoms with Gasteiger partial charge in [-0.15, -0.1) is 0 Å². The lowest BCUT2D eigenvalue weighted by molar-refractivity contribution is 0.571. The normalized spacial score (nSPS) is 18.8. The highest BCUT2D eigenvalue weighted by Gasteiger charge is 1.98. The van der Waals surface area contributed by atoms with Gasteiger partial charge in [-0.2, -0.15) is 0 Å². The number of nitrogens with two attached hydrogens (primary N) is 1. The van der Waals surface area contributed by atoms with E-state index in [0.29, 0.717) is 0 Å². The Balaban J connectivity index is 2.33. The first-order chi connectivity index (χ1) is 3.93. The van der Waals surface area contributed by atoms with Crippen LogP contribution >= 0.6 is 0 Å². The minimum absolute atomic E-state index is 0.955. The summed E-state index contributed by atoms with van der Waals surface area (Å²) in [4.78, 5) is 0. The molecule has 0 spiro atoms. The van der Waals surface area contributed by atoms with Gasteiger partial charge in [-0.1, -0.05) is 0 Å². The topological polar surface area (TPSA) is 50.1 Å². The maximum atomic E-state index is 5.22. The molecule has 3 nitrogen and oxygen atoms in total. The van der Waals surface area contributed by atoms with E-state index in [-0.39, 0.29) is 0 Å². The molecule has 1 aliphatic heterocycles. The lowest BCUT2D eigenvalue weighted by atomic mass is 10.3. The average molecular weight is 113 g/mol. The molecule has 1 rings (SSSR count). The summed E-state index contributed by atoms with van der Waals surface area (Å²) < 4.78 is 0. The molecule has 0 bridgehead atoms. The quantitative estimate of drug-likeness (QED) is 0.390. The van der Waals surface area contributed by atoms with Gasteiger partial charge in [-0.05, 0) is 6.42 Å². The molecule has 46 valence electrons. The van der Waals surface area contributed by atoms with E-state index in [2.05, 4.69) is 10.6 Å². The molecule has 8 heavy (non-hydrogen) atoms. The van der Waals surface area contributed by atoms with E-state index in [1.165, 1.54) is 6.42 Å². The monoisotopic (exact) mass is 113 g/mol. The molecular weight excluding hydrogens is 102 g/mol. The van der Waals surface area contributed by atoms with Crippen molar-refractivity contribution in [3.8, 4) is 0 Å². The summed E-state index contributed by atoms with van der Waals surface area (Å²) in [5.74, 6) is 0.955. The van der Waals surface area contributed by atoms with E-state index in [1.807, 2.05) is 0 Å². The molecule has 0 atom stereocenters. The number of hydrogen-bond donors (Lipinski definition) is 3. The molecule has 0 unspecified atom stereocenters. The van der Waals surface area contributed by atoms with E-state index in [1.54, 1.807) is 6.20 Å². The van der Waals surface area contributed by atoms with Crippen LogP contribution in [0.4, 0.5) is 0 Å². The fourth-order valence-corrected chi connectivity index (χ4v) is 0.715. The summed E-state index contributed by atoms with van der Waals surface area (Å²) in [6.07, 6.45) is 2.73. The molecule has 1 fully saturated rings. The Bertz CT molecular complexity index is 89.8. The predicted octanol–water partition coefficient (Wildman–Crippen LogP) is -0.673. The zero-order valence-electron chi connectivity index (χ0n) is 4.78. The van der Waals surface area contributed by atoms with Crippen molar-refractivity contribution in [3.05, 3.63) is 12.0 Å². The Labute approximate surface area is 48.9 Å². The Hall–Kier alpha value is -0.860. The molecule has 0 aromatic carbocycles. The number of nitrogens with one attached hydrogen (secondary N) is 2. The molecule has 0 aromatic rings. The Kier molecular flexibility index (Phi) is 1.62. The lowest BCUT2D eigenvalue weighted by Crippen LogP contribution is -2.35. The first-order valence-electron chi connectivity index (χ1n) is 2.83. The third kappa shape index (κ3) is 1.05. The van der Waals surface area contributed by atoms with Crippen molar-refractivity contribution in [2.75, 3.05) is 13.1 Å². The van der Waals surface area contributed by atoms with Gasteiger partial charge in [0.15, 0.2) is 0 Å². The maximum absolute atomic E-state index is 5.22. The first kappa shape index (κ1) is 5.28.